The predicted molar refractivity (Wildman–Crippen MR) is 62.4 cm³/mol. The van der Waals surface area contributed by atoms with Crippen molar-refractivity contribution < 1.29 is 9.90 Å². The Hall–Kier alpha value is -1.23. The van der Waals surface area contributed by atoms with Crippen LogP contribution in [0, 0.1) is 0 Å². The highest BCUT2D eigenvalue weighted by Gasteiger charge is 2.35. The lowest BCUT2D eigenvalue weighted by molar-refractivity contribution is -0.138. The van der Waals surface area contributed by atoms with Crippen LogP contribution < -0.4 is 0 Å². The molecule has 1 fully saturated rings. The monoisotopic (exact) mass is 237 g/mol. The van der Waals surface area contributed by atoms with Crippen molar-refractivity contribution in [1.82, 2.24) is 15.0 Å². The number of Topliss-reactive ketones (excluding diaryl/α,β-unsaturated/α-hetero) is 1. The van der Waals surface area contributed by atoms with E-state index in [1.54, 1.807) is 17.9 Å². The van der Waals surface area contributed by atoms with Crippen LogP contribution in [0.2, 0.25) is 0 Å². The van der Waals surface area contributed by atoms with Gasteiger partial charge in [-0.3, -0.25) is 9.48 Å². The first-order chi connectivity index (χ1) is 8.10. The van der Waals surface area contributed by atoms with Crippen molar-refractivity contribution in [2.24, 2.45) is 7.05 Å². The minimum Gasteiger partial charge on any atom is -0.382 e. The van der Waals surface area contributed by atoms with Crippen LogP contribution in [-0.4, -0.2) is 31.5 Å². The molecule has 5 nitrogen and oxygen atoms in total. The van der Waals surface area contributed by atoms with Crippen molar-refractivity contribution in [2.45, 2.75) is 50.5 Å². The molecule has 1 heterocycles. The Morgan fingerprint density at radius 2 is 2.06 bits per heavy atom. The third-order valence-corrected chi connectivity index (χ3v) is 3.44. The molecule has 0 aromatic carbocycles. The second-order valence-electron chi connectivity index (χ2n) is 4.93. The molecular formula is C12H19N3O2. The number of carbonyl (C=O) groups excluding carboxylic acids is 1. The van der Waals surface area contributed by atoms with Gasteiger partial charge in [0.05, 0.1) is 12.1 Å². The van der Waals surface area contributed by atoms with Crippen molar-refractivity contribution in [1.29, 1.82) is 0 Å². The zero-order valence-electron chi connectivity index (χ0n) is 10.2. The molecule has 5 heteroatoms. The molecule has 1 aliphatic carbocycles. The van der Waals surface area contributed by atoms with Gasteiger partial charge in [0.2, 0.25) is 0 Å². The van der Waals surface area contributed by atoms with Crippen molar-refractivity contribution in [3.8, 4) is 0 Å². The van der Waals surface area contributed by atoms with E-state index in [-0.39, 0.29) is 12.2 Å². The molecule has 0 atom stereocenters. The van der Waals surface area contributed by atoms with Crippen LogP contribution in [0.25, 0.3) is 0 Å². The third-order valence-electron chi connectivity index (χ3n) is 3.44. The average molecular weight is 237 g/mol. The fraction of sp³-hybridized carbons (Fsp3) is 0.750. The van der Waals surface area contributed by atoms with Crippen molar-refractivity contribution in [3.05, 3.63) is 11.9 Å². The van der Waals surface area contributed by atoms with Gasteiger partial charge in [-0.05, 0) is 12.8 Å². The second-order valence-corrected chi connectivity index (χ2v) is 4.93. The maximum Gasteiger partial charge on any atom is 0.170 e. The second kappa shape index (κ2) is 4.96. The molecule has 1 N–H and O–H groups in total. The van der Waals surface area contributed by atoms with E-state index in [2.05, 4.69) is 10.3 Å². The van der Waals surface area contributed by atoms with Crippen LogP contribution in [0.4, 0.5) is 0 Å². The van der Waals surface area contributed by atoms with Crippen molar-refractivity contribution >= 4 is 5.78 Å². The maximum absolute atomic E-state index is 12.1. The Morgan fingerprint density at radius 1 is 1.41 bits per heavy atom. The van der Waals surface area contributed by atoms with Gasteiger partial charge in [-0.2, -0.15) is 0 Å². The molecule has 0 unspecified atom stereocenters. The summed E-state index contributed by atoms with van der Waals surface area (Å²) in [6.07, 6.45) is 7.17. The zero-order valence-corrected chi connectivity index (χ0v) is 10.2. The number of rotatable bonds is 3. The van der Waals surface area contributed by atoms with Crippen LogP contribution in [0.15, 0.2) is 6.20 Å². The van der Waals surface area contributed by atoms with Gasteiger partial charge in [0, 0.05) is 13.2 Å². The minimum atomic E-state index is -1.13. The molecule has 0 aliphatic heterocycles. The molecule has 1 aromatic heterocycles. The molecule has 0 saturated heterocycles. The van der Waals surface area contributed by atoms with Crippen LogP contribution in [-0.2, 0) is 18.3 Å². The Morgan fingerprint density at radius 3 is 2.59 bits per heavy atom. The number of nitrogens with zero attached hydrogens (tertiary/aromatic N) is 3. The summed E-state index contributed by atoms with van der Waals surface area (Å²) in [7, 11) is 1.77. The molecule has 94 valence electrons. The molecule has 0 spiro atoms. The Bertz CT molecular complexity index is 392. The molecule has 1 saturated carbocycles. The van der Waals surface area contributed by atoms with Gasteiger partial charge in [0.1, 0.15) is 5.60 Å². The van der Waals surface area contributed by atoms with Gasteiger partial charge >= 0.3 is 0 Å². The molecule has 17 heavy (non-hydrogen) atoms. The average Bonchev–Trinajstić information content (AvgIpc) is 2.56. The fourth-order valence-corrected chi connectivity index (χ4v) is 2.40. The van der Waals surface area contributed by atoms with Crippen LogP contribution in [0.1, 0.15) is 44.2 Å². The largest absolute Gasteiger partial charge is 0.382 e. The highest BCUT2D eigenvalue weighted by molar-refractivity contribution is 5.88. The Kier molecular flexibility index (Phi) is 3.57. The van der Waals surface area contributed by atoms with Crippen molar-refractivity contribution in [3.63, 3.8) is 0 Å². The number of aliphatic hydroxyl groups is 1. The number of hydrogen-bond donors (Lipinski definition) is 1. The third kappa shape index (κ3) is 2.91. The van der Waals surface area contributed by atoms with E-state index >= 15 is 0 Å². The molecule has 0 amide bonds. The van der Waals surface area contributed by atoms with Gasteiger partial charge in [-0.1, -0.05) is 30.9 Å². The Labute approximate surface area is 101 Å². The summed E-state index contributed by atoms with van der Waals surface area (Å²) < 4.78 is 1.57. The van der Waals surface area contributed by atoms with Gasteiger partial charge in [0.15, 0.2) is 5.78 Å². The van der Waals surface area contributed by atoms with E-state index in [0.717, 1.165) is 25.7 Å². The highest BCUT2D eigenvalue weighted by Crippen LogP contribution is 2.28. The number of carbonyl (C=O) groups is 1. The quantitative estimate of drug-likeness (QED) is 0.797. The van der Waals surface area contributed by atoms with Crippen molar-refractivity contribution in [2.75, 3.05) is 0 Å². The lowest BCUT2D eigenvalue weighted by atomic mass is 9.87. The summed E-state index contributed by atoms with van der Waals surface area (Å²) in [4.78, 5) is 12.1. The van der Waals surface area contributed by atoms with Crippen LogP contribution >= 0.6 is 0 Å². The molecule has 2 rings (SSSR count). The Balaban J connectivity index is 2.02. The lowest BCUT2D eigenvalue weighted by Gasteiger charge is -2.24. The number of hydrogen-bond acceptors (Lipinski definition) is 4. The molecule has 0 bridgehead atoms. The zero-order chi connectivity index (χ0) is 12.3. The minimum absolute atomic E-state index is 0.111. The van der Waals surface area contributed by atoms with E-state index < -0.39 is 5.60 Å². The van der Waals surface area contributed by atoms with E-state index in [0.29, 0.717) is 18.5 Å². The van der Waals surface area contributed by atoms with E-state index in [1.165, 1.54) is 0 Å². The summed E-state index contributed by atoms with van der Waals surface area (Å²) in [6, 6.07) is 0. The van der Waals surface area contributed by atoms with Gasteiger partial charge < -0.3 is 5.11 Å². The molecule has 0 radical (unpaired) electrons. The number of aryl methyl sites for hydroxylation is 1. The fourth-order valence-electron chi connectivity index (χ4n) is 2.40. The molecule has 1 aliphatic rings. The number of ketones is 1. The van der Waals surface area contributed by atoms with Gasteiger partial charge in [-0.15, -0.1) is 5.10 Å². The van der Waals surface area contributed by atoms with Crippen LogP contribution in [0.5, 0.6) is 0 Å². The van der Waals surface area contributed by atoms with E-state index in [1.807, 2.05) is 0 Å². The highest BCUT2D eigenvalue weighted by atomic mass is 16.3. The SMILES string of the molecule is Cn1cc(CC(=O)C2(O)CCCCCC2)nn1. The summed E-state index contributed by atoms with van der Waals surface area (Å²) in [5.41, 5.74) is -0.497. The van der Waals surface area contributed by atoms with Crippen LogP contribution in [0.3, 0.4) is 0 Å². The van der Waals surface area contributed by atoms with Gasteiger partial charge in [-0.25, -0.2) is 0 Å². The predicted octanol–water partition coefficient (Wildman–Crippen LogP) is 1.01. The number of aromatic nitrogens is 3. The summed E-state index contributed by atoms with van der Waals surface area (Å²) >= 11 is 0. The van der Waals surface area contributed by atoms with E-state index in [9.17, 15) is 9.90 Å². The lowest BCUT2D eigenvalue weighted by Crippen LogP contribution is -2.39. The smallest absolute Gasteiger partial charge is 0.170 e. The standard InChI is InChI=1S/C12H19N3O2/c1-15-9-10(13-14-15)8-11(16)12(17)6-4-2-3-5-7-12/h9,17H,2-8H2,1H3. The summed E-state index contributed by atoms with van der Waals surface area (Å²) in [5.74, 6) is -0.111. The molecule has 1 aromatic rings. The maximum atomic E-state index is 12.1. The normalized spacial score (nSPS) is 19.9. The summed E-state index contributed by atoms with van der Waals surface area (Å²) in [5, 5.41) is 18.1. The first kappa shape index (κ1) is 12.2. The first-order valence-corrected chi connectivity index (χ1v) is 6.21. The van der Waals surface area contributed by atoms with Gasteiger partial charge in [0.25, 0.3) is 0 Å². The van der Waals surface area contributed by atoms with E-state index in [4.69, 9.17) is 0 Å². The first-order valence-electron chi connectivity index (χ1n) is 6.21. The topological polar surface area (TPSA) is 68.0 Å². The molecular weight excluding hydrogens is 218 g/mol. The summed E-state index contributed by atoms with van der Waals surface area (Å²) in [6.45, 7) is 0.